The molecule has 0 saturated carbocycles. The molecule has 0 spiro atoms. The van der Waals surface area contributed by atoms with E-state index in [9.17, 15) is 13.6 Å². The first kappa shape index (κ1) is 15.7. The quantitative estimate of drug-likeness (QED) is 0.901. The van der Waals surface area contributed by atoms with Crippen LogP contribution in [-0.4, -0.2) is 36.1 Å². The summed E-state index contributed by atoms with van der Waals surface area (Å²) in [5.41, 5.74) is -0.0199. The third-order valence-corrected chi connectivity index (χ3v) is 3.77. The molecule has 116 valence electrons. The third-order valence-electron chi connectivity index (χ3n) is 3.77. The van der Waals surface area contributed by atoms with Gasteiger partial charge in [-0.2, -0.15) is 0 Å². The third kappa shape index (κ3) is 4.39. The van der Waals surface area contributed by atoms with Crippen molar-refractivity contribution in [1.29, 1.82) is 0 Å². The van der Waals surface area contributed by atoms with Gasteiger partial charge in [0.15, 0.2) is 0 Å². The van der Waals surface area contributed by atoms with Crippen molar-refractivity contribution in [3.05, 3.63) is 29.8 Å². The molecule has 2 rings (SSSR count). The van der Waals surface area contributed by atoms with Gasteiger partial charge in [-0.05, 0) is 38.8 Å². The van der Waals surface area contributed by atoms with Gasteiger partial charge < -0.3 is 15.5 Å². The summed E-state index contributed by atoms with van der Waals surface area (Å²) in [4.78, 5) is 14.2. The Morgan fingerprint density at radius 2 is 1.95 bits per heavy atom. The number of likely N-dealkylation sites (tertiary alicyclic amines) is 1. The molecule has 2 amide bonds. The van der Waals surface area contributed by atoms with Crippen LogP contribution in [0.2, 0.25) is 0 Å². The number of hydrogen-bond acceptors (Lipinski definition) is 2. The summed E-state index contributed by atoms with van der Waals surface area (Å²) in [6, 6.07) is 3.21. The van der Waals surface area contributed by atoms with Gasteiger partial charge >= 0.3 is 6.03 Å². The van der Waals surface area contributed by atoms with E-state index in [1.54, 1.807) is 0 Å². The van der Waals surface area contributed by atoms with Crippen LogP contribution in [0.4, 0.5) is 19.3 Å². The normalized spacial score (nSPS) is 17.0. The van der Waals surface area contributed by atoms with Gasteiger partial charge in [-0.3, -0.25) is 0 Å². The Balaban J connectivity index is 1.83. The molecule has 6 heteroatoms. The fourth-order valence-electron chi connectivity index (χ4n) is 2.49. The number of nitrogens with zero attached hydrogens (tertiary/aromatic N) is 1. The smallest absolute Gasteiger partial charge is 0.319 e. The van der Waals surface area contributed by atoms with E-state index < -0.39 is 17.7 Å². The number of rotatable bonds is 3. The zero-order valence-corrected chi connectivity index (χ0v) is 12.3. The van der Waals surface area contributed by atoms with E-state index in [0.717, 1.165) is 38.1 Å². The minimum Gasteiger partial charge on any atom is -0.335 e. The molecule has 0 atom stereocenters. The molecule has 1 heterocycles. The maximum Gasteiger partial charge on any atom is 0.319 e. The van der Waals surface area contributed by atoms with E-state index >= 15 is 0 Å². The number of nitrogens with one attached hydrogen (secondary N) is 2. The number of urea groups is 1. The van der Waals surface area contributed by atoms with Crippen molar-refractivity contribution in [3.63, 3.8) is 0 Å². The minimum atomic E-state index is -0.778. The van der Waals surface area contributed by atoms with Crippen molar-refractivity contribution in [2.75, 3.05) is 18.4 Å². The zero-order valence-electron chi connectivity index (χ0n) is 12.3. The van der Waals surface area contributed by atoms with Gasteiger partial charge in [-0.1, -0.05) is 0 Å². The zero-order chi connectivity index (χ0) is 15.4. The molecule has 0 bridgehead atoms. The molecule has 1 aliphatic rings. The maximum atomic E-state index is 13.4. The van der Waals surface area contributed by atoms with Crippen LogP contribution in [0.15, 0.2) is 18.2 Å². The predicted octanol–water partition coefficient (Wildman–Crippen LogP) is 2.96. The summed E-state index contributed by atoms with van der Waals surface area (Å²) in [7, 11) is 0. The Morgan fingerprint density at radius 3 is 2.52 bits per heavy atom. The van der Waals surface area contributed by atoms with E-state index in [0.29, 0.717) is 6.04 Å². The fraction of sp³-hybridized carbons (Fsp3) is 0.533. The number of benzene rings is 1. The van der Waals surface area contributed by atoms with Crippen LogP contribution in [-0.2, 0) is 0 Å². The molecule has 1 aromatic rings. The van der Waals surface area contributed by atoms with Gasteiger partial charge in [-0.25, -0.2) is 13.6 Å². The number of halogens is 2. The summed E-state index contributed by atoms with van der Waals surface area (Å²) < 4.78 is 26.2. The Labute approximate surface area is 123 Å². The number of carbonyl (C=O) groups is 1. The molecule has 1 fully saturated rings. The highest BCUT2D eigenvalue weighted by atomic mass is 19.1. The number of carbonyl (C=O) groups excluding carboxylic acids is 1. The second kappa shape index (κ2) is 6.85. The molecule has 2 N–H and O–H groups in total. The van der Waals surface area contributed by atoms with Crippen LogP contribution < -0.4 is 10.6 Å². The average Bonchev–Trinajstić information content (AvgIpc) is 2.42. The standard InChI is InChI=1S/C15H21F2N3O/c1-10(2)20-7-5-12(6-8-20)18-15(21)19-14-4-3-11(16)9-13(14)17/h3-4,9-10,12H,5-8H2,1-2H3,(H2,18,19,21). The Kier molecular flexibility index (Phi) is 5.12. The van der Waals surface area contributed by atoms with Gasteiger partial charge in [0, 0.05) is 31.2 Å². The number of anilines is 1. The highest BCUT2D eigenvalue weighted by Gasteiger charge is 2.22. The Bertz CT molecular complexity index is 500. The highest BCUT2D eigenvalue weighted by molar-refractivity contribution is 5.89. The number of amides is 2. The predicted molar refractivity (Wildman–Crippen MR) is 78.2 cm³/mol. The second-order valence-corrected chi connectivity index (χ2v) is 5.63. The maximum absolute atomic E-state index is 13.4. The molecule has 0 unspecified atom stereocenters. The largest absolute Gasteiger partial charge is 0.335 e. The summed E-state index contributed by atoms with van der Waals surface area (Å²) in [5, 5.41) is 5.24. The second-order valence-electron chi connectivity index (χ2n) is 5.63. The highest BCUT2D eigenvalue weighted by Crippen LogP contribution is 2.16. The van der Waals surface area contributed by atoms with Crippen LogP contribution in [0.3, 0.4) is 0 Å². The lowest BCUT2D eigenvalue weighted by molar-refractivity contribution is 0.163. The lowest BCUT2D eigenvalue weighted by atomic mass is 10.0. The van der Waals surface area contributed by atoms with Crippen LogP contribution in [0.25, 0.3) is 0 Å². The van der Waals surface area contributed by atoms with Gasteiger partial charge in [0.25, 0.3) is 0 Å². The molecule has 0 radical (unpaired) electrons. The monoisotopic (exact) mass is 297 g/mol. The van der Waals surface area contributed by atoms with E-state index in [4.69, 9.17) is 0 Å². The molecule has 0 aromatic heterocycles. The van der Waals surface area contributed by atoms with E-state index in [1.165, 1.54) is 6.07 Å². The first-order chi connectivity index (χ1) is 9.95. The fourth-order valence-corrected chi connectivity index (χ4v) is 2.49. The summed E-state index contributed by atoms with van der Waals surface area (Å²) >= 11 is 0. The molecule has 4 nitrogen and oxygen atoms in total. The van der Waals surface area contributed by atoms with Crippen molar-refractivity contribution in [2.45, 2.75) is 38.8 Å². The Morgan fingerprint density at radius 1 is 1.29 bits per heavy atom. The van der Waals surface area contributed by atoms with E-state index in [-0.39, 0.29) is 11.7 Å². The first-order valence-corrected chi connectivity index (χ1v) is 7.22. The summed E-state index contributed by atoms with van der Waals surface area (Å²) in [6.07, 6.45) is 1.75. The Hall–Kier alpha value is -1.69. The van der Waals surface area contributed by atoms with Crippen molar-refractivity contribution in [3.8, 4) is 0 Å². The number of piperidine rings is 1. The average molecular weight is 297 g/mol. The molecule has 1 aromatic carbocycles. The van der Waals surface area contributed by atoms with Crippen molar-refractivity contribution < 1.29 is 13.6 Å². The van der Waals surface area contributed by atoms with Gasteiger partial charge in [0.1, 0.15) is 11.6 Å². The van der Waals surface area contributed by atoms with Gasteiger partial charge in [0.2, 0.25) is 0 Å². The summed E-state index contributed by atoms with van der Waals surface area (Å²) in [6.45, 7) is 6.18. The molecular formula is C15H21F2N3O. The summed E-state index contributed by atoms with van der Waals surface area (Å²) in [5.74, 6) is -1.45. The molecule has 1 saturated heterocycles. The molecule has 1 aliphatic heterocycles. The van der Waals surface area contributed by atoms with E-state index in [2.05, 4.69) is 29.4 Å². The SMILES string of the molecule is CC(C)N1CCC(NC(=O)Nc2ccc(F)cc2F)CC1. The van der Waals surface area contributed by atoms with Crippen LogP contribution in [0.5, 0.6) is 0 Å². The first-order valence-electron chi connectivity index (χ1n) is 7.22. The van der Waals surface area contributed by atoms with E-state index in [1.807, 2.05) is 0 Å². The van der Waals surface area contributed by atoms with Crippen molar-refractivity contribution >= 4 is 11.7 Å². The van der Waals surface area contributed by atoms with Crippen molar-refractivity contribution in [1.82, 2.24) is 10.2 Å². The number of hydrogen-bond donors (Lipinski definition) is 2. The lowest BCUT2D eigenvalue weighted by Gasteiger charge is -2.34. The molecule has 21 heavy (non-hydrogen) atoms. The van der Waals surface area contributed by atoms with Crippen LogP contribution >= 0.6 is 0 Å². The van der Waals surface area contributed by atoms with Gasteiger partial charge in [0.05, 0.1) is 5.69 Å². The molecule has 0 aliphatic carbocycles. The van der Waals surface area contributed by atoms with Crippen molar-refractivity contribution in [2.24, 2.45) is 0 Å². The lowest BCUT2D eigenvalue weighted by Crippen LogP contribution is -2.47. The van der Waals surface area contributed by atoms with Crippen LogP contribution in [0, 0.1) is 11.6 Å². The molecular weight excluding hydrogens is 276 g/mol. The van der Waals surface area contributed by atoms with Gasteiger partial charge in [-0.15, -0.1) is 0 Å². The van der Waals surface area contributed by atoms with Crippen LogP contribution in [0.1, 0.15) is 26.7 Å². The minimum absolute atomic E-state index is 0.0199. The topological polar surface area (TPSA) is 44.4 Å².